The third kappa shape index (κ3) is 8.59. The fourth-order valence-corrected chi connectivity index (χ4v) is 1.92. The molecule has 0 aliphatic carbocycles. The standard InChI is InChI=1S/C17H26F2N4O3.HI/c1-5-21-16(23-10-17(2,3)14(20)24)22-9-11-8-12(25-4)6-7-13(11)26-15(18)19;/h6-8,15H,5,9-10H2,1-4H3,(H2,20,24)(H2,21,22,23);1H. The number of nitrogens with two attached hydrogens (primary N) is 1. The first-order valence-corrected chi connectivity index (χ1v) is 8.13. The number of primary amides is 1. The van der Waals surface area contributed by atoms with Gasteiger partial charge in [-0.3, -0.25) is 4.79 Å². The summed E-state index contributed by atoms with van der Waals surface area (Å²) < 4.78 is 34.8. The molecule has 154 valence electrons. The van der Waals surface area contributed by atoms with Gasteiger partial charge in [0.1, 0.15) is 11.5 Å². The summed E-state index contributed by atoms with van der Waals surface area (Å²) in [6.45, 7) is 3.30. The van der Waals surface area contributed by atoms with Gasteiger partial charge in [0.2, 0.25) is 5.91 Å². The predicted molar refractivity (Wildman–Crippen MR) is 111 cm³/mol. The number of amides is 1. The Labute approximate surface area is 175 Å². The lowest BCUT2D eigenvalue weighted by Crippen LogP contribution is -2.46. The highest BCUT2D eigenvalue weighted by atomic mass is 127. The summed E-state index contributed by atoms with van der Waals surface area (Å²) in [4.78, 5) is 15.8. The summed E-state index contributed by atoms with van der Waals surface area (Å²) in [5.74, 6) is 0.511. The predicted octanol–water partition coefficient (Wildman–Crippen LogP) is 2.48. The minimum Gasteiger partial charge on any atom is -0.497 e. The normalized spacial score (nSPS) is 11.6. The molecule has 10 heteroatoms. The smallest absolute Gasteiger partial charge is 0.387 e. The maximum absolute atomic E-state index is 12.6. The summed E-state index contributed by atoms with van der Waals surface area (Å²) in [7, 11) is 1.48. The molecule has 27 heavy (non-hydrogen) atoms. The molecular weight excluding hydrogens is 473 g/mol. The first kappa shape index (κ1) is 25.1. The van der Waals surface area contributed by atoms with Gasteiger partial charge in [0.05, 0.1) is 19.1 Å². The zero-order valence-electron chi connectivity index (χ0n) is 15.8. The molecule has 4 N–H and O–H groups in total. The number of hydrogen-bond acceptors (Lipinski definition) is 4. The SMILES string of the molecule is CCNC(=NCc1cc(OC)ccc1OC(F)F)NCC(C)(C)C(N)=O.I. The topological polar surface area (TPSA) is 98.0 Å². The van der Waals surface area contributed by atoms with Crippen molar-refractivity contribution in [1.29, 1.82) is 0 Å². The first-order valence-electron chi connectivity index (χ1n) is 8.13. The third-order valence-corrected chi connectivity index (χ3v) is 3.60. The van der Waals surface area contributed by atoms with Gasteiger partial charge in [0, 0.05) is 18.7 Å². The first-order chi connectivity index (χ1) is 12.2. The van der Waals surface area contributed by atoms with E-state index in [4.69, 9.17) is 10.5 Å². The fraction of sp³-hybridized carbons (Fsp3) is 0.529. The largest absolute Gasteiger partial charge is 0.497 e. The lowest BCUT2D eigenvalue weighted by molar-refractivity contribution is -0.125. The summed E-state index contributed by atoms with van der Waals surface area (Å²) in [5.41, 5.74) is 5.03. The van der Waals surface area contributed by atoms with Gasteiger partial charge in [-0.05, 0) is 39.0 Å². The van der Waals surface area contributed by atoms with Crippen LogP contribution >= 0.6 is 24.0 Å². The molecule has 0 saturated heterocycles. The Balaban J connectivity index is 0.00000676. The number of methoxy groups -OCH3 is 1. The van der Waals surface area contributed by atoms with Gasteiger partial charge in [-0.15, -0.1) is 24.0 Å². The van der Waals surface area contributed by atoms with E-state index in [0.29, 0.717) is 23.8 Å². The average molecular weight is 500 g/mol. The molecule has 0 aliphatic heterocycles. The molecule has 0 bridgehead atoms. The average Bonchev–Trinajstić information content (AvgIpc) is 2.57. The van der Waals surface area contributed by atoms with Crippen LogP contribution in [0.1, 0.15) is 26.3 Å². The number of carbonyl (C=O) groups is 1. The second-order valence-electron chi connectivity index (χ2n) is 6.15. The Bertz CT molecular complexity index is 643. The fourth-order valence-electron chi connectivity index (χ4n) is 1.92. The summed E-state index contributed by atoms with van der Waals surface area (Å²) >= 11 is 0. The van der Waals surface area contributed by atoms with Gasteiger partial charge in [-0.2, -0.15) is 8.78 Å². The molecule has 0 unspecified atom stereocenters. The molecule has 1 aromatic rings. The molecular formula is C17H27F2IN4O3. The van der Waals surface area contributed by atoms with E-state index in [-0.39, 0.29) is 42.8 Å². The van der Waals surface area contributed by atoms with Crippen LogP contribution in [0.25, 0.3) is 0 Å². The molecule has 1 rings (SSSR count). The van der Waals surface area contributed by atoms with E-state index in [1.165, 1.54) is 19.2 Å². The van der Waals surface area contributed by atoms with Crippen LogP contribution in [-0.2, 0) is 11.3 Å². The van der Waals surface area contributed by atoms with Crippen LogP contribution in [0.5, 0.6) is 11.5 Å². The van der Waals surface area contributed by atoms with Crippen molar-refractivity contribution in [3.8, 4) is 11.5 Å². The van der Waals surface area contributed by atoms with Crippen molar-refractivity contribution >= 4 is 35.8 Å². The number of alkyl halides is 2. The maximum Gasteiger partial charge on any atom is 0.387 e. The molecule has 7 nitrogen and oxygen atoms in total. The minimum absolute atomic E-state index is 0. The van der Waals surface area contributed by atoms with Crippen LogP contribution in [-0.4, -0.2) is 38.7 Å². The number of hydrogen-bond donors (Lipinski definition) is 3. The van der Waals surface area contributed by atoms with Gasteiger partial charge >= 0.3 is 6.61 Å². The van der Waals surface area contributed by atoms with Crippen molar-refractivity contribution in [3.05, 3.63) is 23.8 Å². The zero-order chi connectivity index (χ0) is 19.7. The molecule has 0 aliphatic rings. The van der Waals surface area contributed by atoms with Crippen molar-refractivity contribution in [2.24, 2.45) is 16.1 Å². The van der Waals surface area contributed by atoms with Crippen LogP contribution in [0.15, 0.2) is 23.2 Å². The van der Waals surface area contributed by atoms with Crippen molar-refractivity contribution in [2.75, 3.05) is 20.2 Å². The van der Waals surface area contributed by atoms with E-state index in [1.54, 1.807) is 19.9 Å². The van der Waals surface area contributed by atoms with Gasteiger partial charge in [0.15, 0.2) is 5.96 Å². The van der Waals surface area contributed by atoms with E-state index in [9.17, 15) is 13.6 Å². The van der Waals surface area contributed by atoms with Crippen molar-refractivity contribution in [1.82, 2.24) is 10.6 Å². The number of aliphatic imine (C=N–C) groups is 1. The van der Waals surface area contributed by atoms with E-state index in [1.807, 2.05) is 6.92 Å². The van der Waals surface area contributed by atoms with Gasteiger partial charge in [-0.25, -0.2) is 4.99 Å². The zero-order valence-corrected chi connectivity index (χ0v) is 18.2. The molecule has 0 saturated carbocycles. The third-order valence-electron chi connectivity index (χ3n) is 3.60. The number of benzene rings is 1. The number of carbonyl (C=O) groups excluding carboxylic acids is 1. The van der Waals surface area contributed by atoms with Gasteiger partial charge < -0.3 is 25.8 Å². The molecule has 0 heterocycles. The number of nitrogens with zero attached hydrogens (tertiary/aromatic N) is 1. The molecule has 0 aromatic heterocycles. The highest BCUT2D eigenvalue weighted by molar-refractivity contribution is 14.0. The maximum atomic E-state index is 12.6. The van der Waals surface area contributed by atoms with Crippen LogP contribution in [0.4, 0.5) is 8.78 Å². The number of halogens is 3. The van der Waals surface area contributed by atoms with Gasteiger partial charge in [-0.1, -0.05) is 0 Å². The Hall–Kier alpha value is -1.85. The Kier molecular flexibility index (Phi) is 11.0. The number of guanidine groups is 1. The van der Waals surface area contributed by atoms with Crippen LogP contribution in [0.3, 0.4) is 0 Å². The Morgan fingerprint density at radius 1 is 1.33 bits per heavy atom. The van der Waals surface area contributed by atoms with E-state index < -0.39 is 17.9 Å². The quantitative estimate of drug-likeness (QED) is 0.275. The molecule has 0 fully saturated rings. The summed E-state index contributed by atoms with van der Waals surface area (Å²) in [5, 5.41) is 6.04. The number of rotatable bonds is 9. The minimum atomic E-state index is -2.94. The molecule has 0 spiro atoms. The van der Waals surface area contributed by atoms with E-state index in [2.05, 4.69) is 20.4 Å². The van der Waals surface area contributed by atoms with Crippen molar-refractivity contribution < 1.29 is 23.0 Å². The molecule has 0 atom stereocenters. The van der Waals surface area contributed by atoms with Crippen molar-refractivity contribution in [2.45, 2.75) is 33.9 Å². The number of ether oxygens (including phenoxy) is 2. The lowest BCUT2D eigenvalue weighted by atomic mass is 9.93. The highest BCUT2D eigenvalue weighted by Gasteiger charge is 2.25. The van der Waals surface area contributed by atoms with Gasteiger partial charge in [0.25, 0.3) is 0 Å². The molecule has 1 aromatic carbocycles. The second kappa shape index (κ2) is 11.8. The monoisotopic (exact) mass is 500 g/mol. The van der Waals surface area contributed by atoms with Crippen molar-refractivity contribution in [3.63, 3.8) is 0 Å². The van der Waals surface area contributed by atoms with Crippen LogP contribution in [0, 0.1) is 5.41 Å². The highest BCUT2D eigenvalue weighted by Crippen LogP contribution is 2.26. The van der Waals surface area contributed by atoms with Crippen LogP contribution < -0.4 is 25.8 Å². The lowest BCUT2D eigenvalue weighted by Gasteiger charge is -2.22. The van der Waals surface area contributed by atoms with E-state index >= 15 is 0 Å². The summed E-state index contributed by atoms with van der Waals surface area (Å²) in [6, 6.07) is 4.52. The number of nitrogens with one attached hydrogen (secondary N) is 2. The Morgan fingerprint density at radius 2 is 2.00 bits per heavy atom. The molecule has 1 amide bonds. The molecule has 0 radical (unpaired) electrons. The van der Waals surface area contributed by atoms with E-state index in [0.717, 1.165) is 0 Å². The van der Waals surface area contributed by atoms with Crippen LogP contribution in [0.2, 0.25) is 0 Å². The summed E-state index contributed by atoms with van der Waals surface area (Å²) in [6.07, 6.45) is 0. The second-order valence-corrected chi connectivity index (χ2v) is 6.15. The Morgan fingerprint density at radius 3 is 2.52 bits per heavy atom.